The van der Waals surface area contributed by atoms with E-state index in [1.54, 1.807) is 0 Å². The predicted octanol–water partition coefficient (Wildman–Crippen LogP) is 18.8. The Balaban J connectivity index is 0.989. The fourth-order valence-corrected chi connectivity index (χ4v) is 13.1. The van der Waals surface area contributed by atoms with Crippen LogP contribution in [0.5, 0.6) is 0 Å². The molecule has 8 heteroatoms. The van der Waals surface area contributed by atoms with Crippen LogP contribution >= 0.6 is 0 Å². The van der Waals surface area contributed by atoms with Gasteiger partial charge in [-0.15, -0.1) is 0 Å². The van der Waals surface area contributed by atoms with Crippen molar-refractivity contribution in [3.8, 4) is 74.1 Å². The lowest BCUT2D eigenvalue weighted by atomic mass is 9.94. The number of aromatic nitrogens is 7. The summed E-state index contributed by atoms with van der Waals surface area (Å²) in [7, 11) is 0. The predicted molar refractivity (Wildman–Crippen MR) is 344 cm³/mol. The quantitative estimate of drug-likeness (QED) is 0.152. The van der Waals surface area contributed by atoms with Gasteiger partial charge in [-0.2, -0.15) is 5.26 Å². The normalized spacial score (nSPS) is 11.8. The number of benzene rings is 12. The van der Waals surface area contributed by atoms with E-state index in [0.29, 0.717) is 23.0 Å². The fraction of sp³-hybridized carbons (Fsp3) is 0. The molecule has 0 atom stereocenters. The summed E-state index contributed by atoms with van der Waals surface area (Å²) in [5.74, 6) is 1.62. The highest BCUT2D eigenvalue weighted by molar-refractivity contribution is 6.21. The van der Waals surface area contributed by atoms with Gasteiger partial charge in [0.25, 0.3) is 0 Å². The minimum absolute atomic E-state index is 0.505. The van der Waals surface area contributed by atoms with Gasteiger partial charge in [-0.25, -0.2) is 15.0 Å². The van der Waals surface area contributed by atoms with E-state index in [0.717, 1.165) is 116 Å². The van der Waals surface area contributed by atoms with Gasteiger partial charge in [-0.05, 0) is 115 Å². The van der Waals surface area contributed by atoms with Crippen LogP contribution in [0, 0.1) is 11.3 Å². The molecule has 8 nitrogen and oxygen atoms in total. The summed E-state index contributed by atoms with van der Waals surface area (Å²) < 4.78 is 9.55. The first-order valence-electron chi connectivity index (χ1n) is 28.2. The molecule has 84 heavy (non-hydrogen) atoms. The summed E-state index contributed by atoms with van der Waals surface area (Å²) >= 11 is 0. The van der Waals surface area contributed by atoms with Crippen molar-refractivity contribution < 1.29 is 0 Å². The number of nitriles is 1. The molecule has 0 spiro atoms. The first kappa shape index (κ1) is 47.2. The minimum Gasteiger partial charge on any atom is -0.309 e. The van der Waals surface area contributed by atoms with E-state index in [1.807, 2.05) is 72.8 Å². The van der Waals surface area contributed by atoms with Gasteiger partial charge in [0.05, 0.1) is 61.5 Å². The van der Waals surface area contributed by atoms with Crippen LogP contribution in [0.3, 0.4) is 0 Å². The SMILES string of the molecule is N#Cc1ccc(-n2c3ccccc3c3cc4c5ccccc5n(-c5ccccc5)c4cc32)c(-c2cc(-n3c4ccccc4c4cc5c6ccccc6n(-c6ccccc6)c5cc43)ccc2-c2nc(-c3ccccc3)nc(-c3ccccc3)n2)c1. The van der Waals surface area contributed by atoms with Crippen molar-refractivity contribution in [2.45, 2.75) is 0 Å². The second-order valence-corrected chi connectivity index (χ2v) is 21.5. The molecule has 0 radical (unpaired) electrons. The van der Waals surface area contributed by atoms with Gasteiger partial charge in [0, 0.05) is 82.4 Å². The highest BCUT2D eigenvalue weighted by Crippen LogP contribution is 2.46. The summed E-state index contributed by atoms with van der Waals surface area (Å²) in [4.78, 5) is 15.9. The fourth-order valence-electron chi connectivity index (χ4n) is 13.1. The van der Waals surface area contributed by atoms with Crippen LogP contribution in [-0.4, -0.2) is 33.2 Å². The number of para-hydroxylation sites is 6. The Morgan fingerprint density at radius 1 is 0.250 bits per heavy atom. The average molecular weight is 1070 g/mol. The molecule has 5 aromatic heterocycles. The zero-order valence-electron chi connectivity index (χ0n) is 45.1. The van der Waals surface area contributed by atoms with Crippen molar-refractivity contribution in [2.75, 3.05) is 0 Å². The van der Waals surface area contributed by atoms with E-state index >= 15 is 0 Å². The van der Waals surface area contributed by atoms with Crippen LogP contribution in [0.25, 0.3) is 155 Å². The zero-order chi connectivity index (χ0) is 55.4. The highest BCUT2D eigenvalue weighted by atomic mass is 15.0. The van der Waals surface area contributed by atoms with Gasteiger partial charge in [-0.3, -0.25) is 0 Å². The van der Waals surface area contributed by atoms with Crippen LogP contribution in [0.4, 0.5) is 0 Å². The molecule has 0 aliphatic rings. The Kier molecular flexibility index (Phi) is 10.5. The monoisotopic (exact) mass is 1070 g/mol. The third-order valence-corrected chi connectivity index (χ3v) is 16.8. The molecule has 0 aliphatic carbocycles. The van der Waals surface area contributed by atoms with Crippen LogP contribution in [0.2, 0.25) is 0 Å². The molecular formula is C76H46N8. The maximum atomic E-state index is 11.0. The summed E-state index contributed by atoms with van der Waals surface area (Å²) in [6.07, 6.45) is 0. The van der Waals surface area contributed by atoms with Gasteiger partial charge in [0.1, 0.15) is 0 Å². The lowest BCUT2D eigenvalue weighted by Crippen LogP contribution is -2.04. The smallest absolute Gasteiger partial charge is 0.164 e. The van der Waals surface area contributed by atoms with Gasteiger partial charge in [0.2, 0.25) is 0 Å². The standard InChI is InChI=1S/C76H46N8/c77-47-48-37-40-69(84-68-36-20-16-32-57(68)64-44-62-55-30-14-18-34-66(55)82(71(62)46-73(64)84)52-27-11-4-12-28-52)60(41-48)59-42-53(38-39-58(59)76-79-74(49-21-5-1-6-22-49)78-75(80-76)50-23-7-2-8-24-50)83-67-35-19-15-31-56(67)63-43-61-54-29-13-17-33-65(54)81(70(61)45-72(63)83)51-25-9-3-10-26-51/h1-46H. The number of hydrogen-bond donors (Lipinski definition) is 0. The van der Waals surface area contributed by atoms with E-state index < -0.39 is 0 Å². The Morgan fingerprint density at radius 2 is 0.631 bits per heavy atom. The third kappa shape index (κ3) is 7.23. The van der Waals surface area contributed by atoms with Crippen molar-refractivity contribution in [2.24, 2.45) is 0 Å². The van der Waals surface area contributed by atoms with Gasteiger partial charge in [-0.1, -0.05) is 170 Å². The first-order chi connectivity index (χ1) is 41.6. The molecule has 0 amide bonds. The molecule has 0 saturated carbocycles. The second kappa shape index (κ2) is 18.7. The van der Waals surface area contributed by atoms with Gasteiger partial charge < -0.3 is 18.3 Å². The molecule has 0 saturated heterocycles. The van der Waals surface area contributed by atoms with Crippen molar-refractivity contribution in [1.82, 2.24) is 33.2 Å². The Labute approximate surface area is 481 Å². The first-order valence-corrected chi connectivity index (χ1v) is 28.2. The zero-order valence-corrected chi connectivity index (χ0v) is 45.1. The van der Waals surface area contributed by atoms with E-state index in [9.17, 15) is 5.26 Å². The van der Waals surface area contributed by atoms with Crippen LogP contribution < -0.4 is 0 Å². The Hall–Kier alpha value is -11.7. The number of fused-ring (bicyclic) bond motifs is 12. The molecule has 0 fully saturated rings. The van der Waals surface area contributed by atoms with Crippen molar-refractivity contribution in [1.29, 1.82) is 5.26 Å². The number of nitrogens with zero attached hydrogens (tertiary/aromatic N) is 8. The molecule has 17 aromatic rings. The van der Waals surface area contributed by atoms with E-state index in [4.69, 9.17) is 15.0 Å². The summed E-state index contributed by atoms with van der Waals surface area (Å²) in [5, 5.41) is 20.3. The molecule has 0 aliphatic heterocycles. The second-order valence-electron chi connectivity index (χ2n) is 21.5. The average Bonchev–Trinajstić information content (AvgIpc) is 1.96. The lowest BCUT2D eigenvalue weighted by molar-refractivity contribution is 1.07. The van der Waals surface area contributed by atoms with Gasteiger partial charge >= 0.3 is 0 Å². The van der Waals surface area contributed by atoms with E-state index in [1.165, 1.54) is 21.5 Å². The van der Waals surface area contributed by atoms with Crippen LogP contribution in [-0.2, 0) is 0 Å². The van der Waals surface area contributed by atoms with Crippen molar-refractivity contribution in [3.05, 3.63) is 285 Å². The molecule has 17 rings (SSSR count). The van der Waals surface area contributed by atoms with Crippen molar-refractivity contribution >= 4 is 87.2 Å². The van der Waals surface area contributed by atoms with E-state index in [-0.39, 0.29) is 0 Å². The third-order valence-electron chi connectivity index (χ3n) is 16.8. The van der Waals surface area contributed by atoms with Crippen molar-refractivity contribution in [3.63, 3.8) is 0 Å². The molecular weight excluding hydrogens is 1020 g/mol. The summed E-state index contributed by atoms with van der Waals surface area (Å²) in [5.41, 5.74) is 17.4. The molecule has 0 bridgehead atoms. The van der Waals surface area contributed by atoms with Crippen LogP contribution in [0.15, 0.2) is 279 Å². The Morgan fingerprint density at radius 3 is 1.08 bits per heavy atom. The Bertz CT molecular complexity index is 5490. The summed E-state index contributed by atoms with van der Waals surface area (Å²) in [6.45, 7) is 0. The molecule has 390 valence electrons. The topological polar surface area (TPSA) is 82.2 Å². The molecule has 0 unspecified atom stereocenters. The van der Waals surface area contributed by atoms with Gasteiger partial charge in [0.15, 0.2) is 17.5 Å². The lowest BCUT2D eigenvalue weighted by Gasteiger charge is -2.19. The maximum Gasteiger partial charge on any atom is 0.164 e. The number of hydrogen-bond acceptors (Lipinski definition) is 4. The van der Waals surface area contributed by atoms with Crippen LogP contribution in [0.1, 0.15) is 5.56 Å². The maximum absolute atomic E-state index is 11.0. The van der Waals surface area contributed by atoms with E-state index in [2.05, 4.69) is 231 Å². The molecule has 12 aromatic carbocycles. The molecule has 0 N–H and O–H groups in total. The molecule has 5 heterocycles. The minimum atomic E-state index is 0.505. The summed E-state index contributed by atoms with van der Waals surface area (Å²) in [6, 6.07) is 101. The highest BCUT2D eigenvalue weighted by Gasteiger charge is 2.25. The largest absolute Gasteiger partial charge is 0.309 e. The number of rotatable bonds is 8.